The molecule has 5 nitrogen and oxygen atoms in total. The number of likely N-dealkylation sites (N-methyl/N-ethyl adjacent to an activating group) is 1. The zero-order chi connectivity index (χ0) is 13.9. The van der Waals surface area contributed by atoms with Gasteiger partial charge in [-0.15, -0.1) is 0 Å². The number of hydrogen-bond acceptors (Lipinski definition) is 4. The molecule has 0 amide bonds. The number of likely N-dealkylation sites (tertiary alicyclic amines) is 1. The number of nitrogens with two attached hydrogens (primary N) is 1. The first-order valence-corrected chi connectivity index (χ1v) is 6.65. The molecule has 1 aliphatic heterocycles. The van der Waals surface area contributed by atoms with Gasteiger partial charge in [-0.1, -0.05) is 6.92 Å². The molecule has 5 heteroatoms. The minimum Gasteiger partial charge on any atom is -0.480 e. The van der Waals surface area contributed by atoms with Crippen LogP contribution in [0.2, 0.25) is 0 Å². The van der Waals surface area contributed by atoms with Crippen molar-refractivity contribution in [2.24, 2.45) is 11.7 Å². The third kappa shape index (κ3) is 3.93. The van der Waals surface area contributed by atoms with E-state index < -0.39 is 11.5 Å². The highest BCUT2D eigenvalue weighted by atomic mass is 16.4. The van der Waals surface area contributed by atoms with Crippen LogP contribution in [0.25, 0.3) is 0 Å². The van der Waals surface area contributed by atoms with Gasteiger partial charge in [0.25, 0.3) is 0 Å². The summed E-state index contributed by atoms with van der Waals surface area (Å²) in [5, 5.41) is 8.94. The Hall–Kier alpha value is -0.650. The molecule has 1 fully saturated rings. The maximum Gasteiger partial charge on any atom is 0.323 e. The van der Waals surface area contributed by atoms with Crippen LogP contribution in [0.15, 0.2) is 0 Å². The van der Waals surface area contributed by atoms with Crippen LogP contribution in [0, 0.1) is 5.92 Å². The van der Waals surface area contributed by atoms with E-state index in [2.05, 4.69) is 30.8 Å². The van der Waals surface area contributed by atoms with Crippen molar-refractivity contribution >= 4 is 5.97 Å². The van der Waals surface area contributed by atoms with Gasteiger partial charge in [-0.3, -0.25) is 4.79 Å². The van der Waals surface area contributed by atoms with Crippen molar-refractivity contribution in [3.8, 4) is 0 Å². The highest BCUT2D eigenvalue weighted by molar-refractivity contribution is 5.77. The maximum absolute atomic E-state index is 10.9. The van der Waals surface area contributed by atoms with Gasteiger partial charge in [0.1, 0.15) is 5.54 Å². The lowest BCUT2D eigenvalue weighted by Crippen LogP contribution is -2.45. The molecule has 0 radical (unpaired) electrons. The highest BCUT2D eigenvalue weighted by Gasteiger charge is 2.32. The molecule has 1 rings (SSSR count). The SMILES string of the molecule is CC1CN(CCCC(C)(N)C(=O)O)CC1N(C)C. The van der Waals surface area contributed by atoms with Crippen molar-refractivity contribution in [1.82, 2.24) is 9.80 Å². The van der Waals surface area contributed by atoms with E-state index in [-0.39, 0.29) is 0 Å². The Morgan fingerprint density at radius 1 is 1.50 bits per heavy atom. The second-order valence-corrected chi connectivity index (χ2v) is 6.09. The molecule has 3 atom stereocenters. The molecule has 0 aliphatic carbocycles. The fraction of sp³-hybridized carbons (Fsp3) is 0.923. The summed E-state index contributed by atoms with van der Waals surface area (Å²) in [7, 11) is 4.23. The number of hydrogen-bond donors (Lipinski definition) is 2. The van der Waals surface area contributed by atoms with Crippen LogP contribution in [0.3, 0.4) is 0 Å². The lowest BCUT2D eigenvalue weighted by molar-refractivity contribution is -0.142. The summed E-state index contributed by atoms with van der Waals surface area (Å²) < 4.78 is 0. The smallest absolute Gasteiger partial charge is 0.323 e. The van der Waals surface area contributed by atoms with E-state index in [1.165, 1.54) is 0 Å². The summed E-state index contributed by atoms with van der Waals surface area (Å²) in [6, 6.07) is 0.605. The Kier molecular flexibility index (Phi) is 5.13. The quantitative estimate of drug-likeness (QED) is 0.723. The van der Waals surface area contributed by atoms with Crippen molar-refractivity contribution in [3.63, 3.8) is 0 Å². The van der Waals surface area contributed by atoms with Crippen molar-refractivity contribution in [3.05, 3.63) is 0 Å². The van der Waals surface area contributed by atoms with Gasteiger partial charge < -0.3 is 20.6 Å². The van der Waals surface area contributed by atoms with Gasteiger partial charge in [-0.25, -0.2) is 0 Å². The first-order valence-electron chi connectivity index (χ1n) is 6.65. The second kappa shape index (κ2) is 5.99. The van der Waals surface area contributed by atoms with Crippen LogP contribution >= 0.6 is 0 Å². The number of carbonyl (C=O) groups is 1. The molecule has 3 N–H and O–H groups in total. The Balaban J connectivity index is 2.32. The topological polar surface area (TPSA) is 69.8 Å². The van der Waals surface area contributed by atoms with Gasteiger partial charge in [-0.2, -0.15) is 0 Å². The third-order valence-electron chi connectivity index (χ3n) is 3.97. The molecule has 0 spiro atoms. The first kappa shape index (κ1) is 15.4. The summed E-state index contributed by atoms with van der Waals surface area (Å²) in [6.45, 7) is 6.97. The molecule has 18 heavy (non-hydrogen) atoms. The average molecular weight is 257 g/mol. The number of nitrogens with zero attached hydrogens (tertiary/aromatic N) is 2. The van der Waals surface area contributed by atoms with Crippen molar-refractivity contribution < 1.29 is 9.90 Å². The van der Waals surface area contributed by atoms with Crippen LogP contribution in [0.1, 0.15) is 26.7 Å². The summed E-state index contributed by atoms with van der Waals surface area (Å²) >= 11 is 0. The molecule has 0 aromatic rings. The number of carboxylic acids is 1. The summed E-state index contributed by atoms with van der Waals surface area (Å²) in [6.07, 6.45) is 1.37. The summed E-state index contributed by atoms with van der Waals surface area (Å²) in [5.74, 6) is -0.243. The maximum atomic E-state index is 10.9. The van der Waals surface area contributed by atoms with E-state index in [1.54, 1.807) is 6.92 Å². The van der Waals surface area contributed by atoms with E-state index in [0.717, 1.165) is 26.1 Å². The van der Waals surface area contributed by atoms with E-state index in [0.29, 0.717) is 18.4 Å². The average Bonchev–Trinajstić information content (AvgIpc) is 2.59. The molecular formula is C13H27N3O2. The van der Waals surface area contributed by atoms with E-state index in [9.17, 15) is 4.79 Å². The Labute approximate surface area is 110 Å². The van der Waals surface area contributed by atoms with Crippen LogP contribution in [0.4, 0.5) is 0 Å². The van der Waals surface area contributed by atoms with Crippen LogP contribution < -0.4 is 5.73 Å². The van der Waals surface area contributed by atoms with Gasteiger partial charge in [0, 0.05) is 19.1 Å². The number of aliphatic carboxylic acids is 1. The van der Waals surface area contributed by atoms with Gasteiger partial charge in [0.15, 0.2) is 0 Å². The highest BCUT2D eigenvalue weighted by Crippen LogP contribution is 2.20. The van der Waals surface area contributed by atoms with E-state index in [1.807, 2.05) is 0 Å². The zero-order valence-corrected chi connectivity index (χ0v) is 12.0. The fourth-order valence-electron chi connectivity index (χ4n) is 2.68. The lowest BCUT2D eigenvalue weighted by atomic mass is 9.97. The van der Waals surface area contributed by atoms with Crippen LogP contribution in [0.5, 0.6) is 0 Å². The zero-order valence-electron chi connectivity index (χ0n) is 12.0. The van der Waals surface area contributed by atoms with Crippen LogP contribution in [-0.2, 0) is 4.79 Å². The molecule has 0 aromatic carbocycles. The predicted molar refractivity (Wildman–Crippen MR) is 72.5 cm³/mol. The van der Waals surface area contributed by atoms with Gasteiger partial charge in [0.2, 0.25) is 0 Å². The third-order valence-corrected chi connectivity index (χ3v) is 3.97. The van der Waals surface area contributed by atoms with E-state index >= 15 is 0 Å². The second-order valence-electron chi connectivity index (χ2n) is 6.09. The largest absolute Gasteiger partial charge is 0.480 e. The molecule has 1 saturated heterocycles. The molecular weight excluding hydrogens is 230 g/mol. The summed E-state index contributed by atoms with van der Waals surface area (Å²) in [5.41, 5.74) is 4.63. The molecule has 0 bridgehead atoms. The van der Waals surface area contributed by atoms with Gasteiger partial charge >= 0.3 is 5.97 Å². The van der Waals surface area contributed by atoms with E-state index in [4.69, 9.17) is 10.8 Å². The standard InChI is InChI=1S/C13H27N3O2/c1-10-8-16(9-11(10)15(3)4)7-5-6-13(2,14)12(17)18/h10-11H,5-9,14H2,1-4H3,(H,17,18). The molecule has 1 aliphatic rings. The normalized spacial score (nSPS) is 28.6. The minimum absolute atomic E-state index is 0.528. The van der Waals surface area contributed by atoms with Crippen molar-refractivity contribution in [2.45, 2.75) is 38.3 Å². The van der Waals surface area contributed by atoms with Crippen LogP contribution in [-0.4, -0.2) is 66.2 Å². The monoisotopic (exact) mass is 257 g/mol. The number of carboxylic acid groups (broad SMARTS) is 1. The Morgan fingerprint density at radius 3 is 2.56 bits per heavy atom. The molecule has 106 valence electrons. The minimum atomic E-state index is -1.09. The molecule has 1 heterocycles. The number of rotatable bonds is 6. The van der Waals surface area contributed by atoms with Gasteiger partial charge in [-0.05, 0) is 46.3 Å². The molecule has 3 unspecified atom stereocenters. The fourth-order valence-corrected chi connectivity index (χ4v) is 2.68. The lowest BCUT2D eigenvalue weighted by Gasteiger charge is -2.23. The molecule has 0 saturated carbocycles. The van der Waals surface area contributed by atoms with Gasteiger partial charge in [0.05, 0.1) is 0 Å². The Morgan fingerprint density at radius 2 is 2.11 bits per heavy atom. The predicted octanol–water partition coefficient (Wildman–Crippen LogP) is 0.451. The van der Waals surface area contributed by atoms with Crippen molar-refractivity contribution in [2.75, 3.05) is 33.7 Å². The summed E-state index contributed by atoms with van der Waals surface area (Å²) in [4.78, 5) is 15.6. The molecule has 0 aromatic heterocycles. The first-order chi connectivity index (χ1) is 8.24. The Bertz CT molecular complexity index is 292. The van der Waals surface area contributed by atoms with Crippen molar-refractivity contribution in [1.29, 1.82) is 0 Å².